The fourth-order valence-electron chi connectivity index (χ4n) is 3.97. The van der Waals surface area contributed by atoms with Gasteiger partial charge in [-0.15, -0.1) is 0 Å². The van der Waals surface area contributed by atoms with Crippen molar-refractivity contribution < 1.29 is 17.9 Å². The zero-order valence-electron chi connectivity index (χ0n) is 20.6. The monoisotopic (exact) mass is 503 g/mol. The van der Waals surface area contributed by atoms with Crippen LogP contribution in [0.2, 0.25) is 0 Å². The Hall–Kier alpha value is -3.91. The number of rotatable bonds is 9. The molecule has 8 heteroatoms. The lowest BCUT2D eigenvalue weighted by Gasteiger charge is -2.09. The van der Waals surface area contributed by atoms with Crippen LogP contribution in [0, 0.1) is 13.8 Å². The number of aromatic nitrogens is 2. The third-order valence-corrected chi connectivity index (χ3v) is 7.70. The smallest absolute Gasteiger partial charge is 0.251 e. The first kappa shape index (κ1) is 25.2. The van der Waals surface area contributed by atoms with Gasteiger partial charge in [-0.25, -0.2) is 8.42 Å². The van der Waals surface area contributed by atoms with Gasteiger partial charge in [0.15, 0.2) is 9.84 Å². The predicted octanol–water partition coefficient (Wildman–Crippen LogP) is 4.46. The van der Waals surface area contributed by atoms with Crippen molar-refractivity contribution in [3.05, 3.63) is 113 Å². The predicted molar refractivity (Wildman–Crippen MR) is 139 cm³/mol. The highest BCUT2D eigenvalue weighted by atomic mass is 32.2. The van der Waals surface area contributed by atoms with Gasteiger partial charge in [0.25, 0.3) is 5.91 Å². The quantitative estimate of drug-likeness (QED) is 0.364. The molecule has 0 fully saturated rings. The molecule has 0 aliphatic heterocycles. The third kappa shape index (κ3) is 5.83. The van der Waals surface area contributed by atoms with Gasteiger partial charge in [0.2, 0.25) is 0 Å². The highest BCUT2D eigenvalue weighted by molar-refractivity contribution is 7.90. The number of carbonyl (C=O) groups excluding carboxylic acids is 1. The van der Waals surface area contributed by atoms with Gasteiger partial charge in [-0.2, -0.15) is 5.10 Å². The van der Waals surface area contributed by atoms with Crippen molar-refractivity contribution in [1.82, 2.24) is 15.1 Å². The van der Waals surface area contributed by atoms with Crippen LogP contribution in [0.4, 0.5) is 0 Å². The van der Waals surface area contributed by atoms with E-state index in [1.807, 2.05) is 62.4 Å². The van der Waals surface area contributed by atoms with Crippen molar-refractivity contribution >= 4 is 15.7 Å². The minimum atomic E-state index is -3.57. The molecule has 0 saturated carbocycles. The normalized spacial score (nSPS) is 11.3. The van der Waals surface area contributed by atoms with E-state index in [4.69, 9.17) is 4.74 Å². The van der Waals surface area contributed by atoms with Crippen molar-refractivity contribution in [2.45, 2.75) is 37.6 Å². The standard InChI is InChI=1S/C28H29N3O4S/c1-20-27(21(2)31(30-20)17-23-8-7-9-24(16-23)28(32)29-3)19-36(33,34)26-14-12-22(13-15-26)18-35-25-10-5-4-6-11-25/h4-16H,17-19H2,1-3H3,(H,29,32). The van der Waals surface area contributed by atoms with Gasteiger partial charge in [0, 0.05) is 23.9 Å². The molecule has 0 unspecified atom stereocenters. The second kappa shape index (κ2) is 10.8. The molecular formula is C28H29N3O4S. The fourth-order valence-corrected chi connectivity index (χ4v) is 5.49. The van der Waals surface area contributed by atoms with Gasteiger partial charge < -0.3 is 10.1 Å². The number of hydrogen-bond acceptors (Lipinski definition) is 5. The lowest BCUT2D eigenvalue weighted by Crippen LogP contribution is -2.18. The number of ether oxygens (including phenoxy) is 1. The van der Waals surface area contributed by atoms with Crippen LogP contribution in [0.15, 0.2) is 83.8 Å². The van der Waals surface area contributed by atoms with Crippen LogP contribution in [-0.2, 0) is 28.7 Å². The Morgan fingerprint density at radius 1 is 0.944 bits per heavy atom. The van der Waals surface area contributed by atoms with Crippen molar-refractivity contribution in [3.63, 3.8) is 0 Å². The highest BCUT2D eigenvalue weighted by Crippen LogP contribution is 2.23. The van der Waals surface area contributed by atoms with E-state index in [0.717, 1.165) is 22.6 Å². The molecule has 0 atom stereocenters. The molecule has 1 aromatic heterocycles. The van der Waals surface area contributed by atoms with Crippen LogP contribution in [0.3, 0.4) is 0 Å². The highest BCUT2D eigenvalue weighted by Gasteiger charge is 2.21. The van der Waals surface area contributed by atoms with Crippen LogP contribution in [0.5, 0.6) is 5.75 Å². The van der Waals surface area contributed by atoms with Crippen molar-refractivity contribution in [2.75, 3.05) is 7.05 Å². The zero-order chi connectivity index (χ0) is 25.7. The van der Waals surface area contributed by atoms with Crippen LogP contribution in [0.1, 0.15) is 38.4 Å². The molecular weight excluding hydrogens is 474 g/mol. The number of sulfone groups is 1. The molecule has 1 N–H and O–H groups in total. The molecule has 0 aliphatic carbocycles. The summed E-state index contributed by atoms with van der Waals surface area (Å²) in [5.41, 5.74) is 4.51. The van der Waals surface area contributed by atoms with E-state index in [9.17, 15) is 13.2 Å². The molecule has 0 bridgehead atoms. The van der Waals surface area contributed by atoms with E-state index in [1.54, 1.807) is 42.1 Å². The van der Waals surface area contributed by atoms with Crippen molar-refractivity contribution in [3.8, 4) is 5.75 Å². The maximum absolute atomic E-state index is 13.2. The molecule has 1 heterocycles. The average molecular weight is 504 g/mol. The Morgan fingerprint density at radius 3 is 2.36 bits per heavy atom. The van der Waals surface area contributed by atoms with E-state index in [2.05, 4.69) is 10.4 Å². The molecule has 0 saturated heterocycles. The minimum absolute atomic E-state index is 0.136. The molecule has 186 valence electrons. The number of nitrogens with one attached hydrogen (secondary N) is 1. The molecule has 4 rings (SSSR count). The summed E-state index contributed by atoms with van der Waals surface area (Å²) < 4.78 is 33.9. The van der Waals surface area contributed by atoms with Crippen molar-refractivity contribution in [2.24, 2.45) is 0 Å². The number of nitrogens with zero attached hydrogens (tertiary/aromatic N) is 2. The number of aryl methyl sites for hydroxylation is 1. The van der Waals surface area contributed by atoms with Crippen LogP contribution in [-0.4, -0.2) is 31.2 Å². The number of amides is 1. The average Bonchev–Trinajstić information content (AvgIpc) is 3.14. The van der Waals surface area contributed by atoms with Gasteiger partial charge in [0.05, 0.1) is 22.9 Å². The number of hydrogen-bond donors (Lipinski definition) is 1. The maximum atomic E-state index is 13.2. The molecule has 36 heavy (non-hydrogen) atoms. The summed E-state index contributed by atoms with van der Waals surface area (Å²) in [4.78, 5) is 12.2. The summed E-state index contributed by atoms with van der Waals surface area (Å²) in [6.07, 6.45) is 0. The summed E-state index contributed by atoms with van der Waals surface area (Å²) in [5, 5.41) is 7.20. The van der Waals surface area contributed by atoms with Gasteiger partial charge >= 0.3 is 0 Å². The molecule has 4 aromatic rings. The van der Waals surface area contributed by atoms with Gasteiger partial charge in [0.1, 0.15) is 12.4 Å². The first-order valence-electron chi connectivity index (χ1n) is 11.6. The van der Waals surface area contributed by atoms with Gasteiger partial charge in [-0.1, -0.05) is 42.5 Å². The number of para-hydroxylation sites is 1. The van der Waals surface area contributed by atoms with Gasteiger partial charge in [-0.05, 0) is 61.4 Å². The SMILES string of the molecule is CNC(=O)c1cccc(Cn2nc(C)c(CS(=O)(=O)c3ccc(COc4ccccc4)cc3)c2C)c1. The second-order valence-electron chi connectivity index (χ2n) is 8.59. The Balaban J connectivity index is 1.47. The van der Waals surface area contributed by atoms with E-state index < -0.39 is 9.84 Å². The molecule has 0 radical (unpaired) electrons. The fraction of sp³-hybridized carbons (Fsp3) is 0.214. The summed E-state index contributed by atoms with van der Waals surface area (Å²) >= 11 is 0. The van der Waals surface area contributed by atoms with E-state index in [1.165, 1.54) is 0 Å². The lowest BCUT2D eigenvalue weighted by molar-refractivity contribution is 0.0963. The van der Waals surface area contributed by atoms with Crippen LogP contribution < -0.4 is 10.1 Å². The first-order chi connectivity index (χ1) is 17.3. The summed E-state index contributed by atoms with van der Waals surface area (Å²) in [6, 6.07) is 23.6. The zero-order valence-corrected chi connectivity index (χ0v) is 21.4. The van der Waals surface area contributed by atoms with Gasteiger partial charge in [-0.3, -0.25) is 9.48 Å². The summed E-state index contributed by atoms with van der Waals surface area (Å²) in [7, 11) is -1.98. The molecule has 0 spiro atoms. The van der Waals surface area contributed by atoms with Crippen molar-refractivity contribution in [1.29, 1.82) is 0 Å². The Morgan fingerprint density at radius 2 is 1.67 bits per heavy atom. The largest absolute Gasteiger partial charge is 0.489 e. The molecule has 1 amide bonds. The Labute approximate surface area is 211 Å². The number of carbonyl (C=O) groups is 1. The van der Waals surface area contributed by atoms with E-state index in [0.29, 0.717) is 30.0 Å². The minimum Gasteiger partial charge on any atom is -0.489 e. The maximum Gasteiger partial charge on any atom is 0.251 e. The van der Waals surface area contributed by atoms with Crippen LogP contribution >= 0.6 is 0 Å². The Kier molecular flexibility index (Phi) is 7.55. The van der Waals surface area contributed by atoms with E-state index >= 15 is 0 Å². The molecule has 3 aromatic carbocycles. The second-order valence-corrected chi connectivity index (χ2v) is 10.6. The number of benzene rings is 3. The summed E-state index contributed by atoms with van der Waals surface area (Å²) in [5.74, 6) is 0.468. The van der Waals surface area contributed by atoms with Crippen LogP contribution in [0.25, 0.3) is 0 Å². The molecule has 0 aliphatic rings. The third-order valence-electron chi connectivity index (χ3n) is 6.05. The van der Waals surface area contributed by atoms with E-state index in [-0.39, 0.29) is 16.6 Å². The molecule has 7 nitrogen and oxygen atoms in total. The lowest BCUT2D eigenvalue weighted by atomic mass is 10.1. The first-order valence-corrected chi connectivity index (χ1v) is 13.3. The Bertz CT molecular complexity index is 1460. The topological polar surface area (TPSA) is 90.3 Å². The summed E-state index contributed by atoms with van der Waals surface area (Å²) in [6.45, 7) is 4.49.